The highest BCUT2D eigenvalue weighted by Gasteiger charge is 2.51. The van der Waals surface area contributed by atoms with Crippen LogP contribution in [0.1, 0.15) is 33.3 Å². The lowest BCUT2D eigenvalue weighted by Crippen LogP contribution is -2.47. The average molecular weight is 272 g/mol. The summed E-state index contributed by atoms with van der Waals surface area (Å²) in [5.74, 6) is 0. The van der Waals surface area contributed by atoms with Crippen molar-refractivity contribution in [1.29, 1.82) is 0 Å². The molecule has 1 saturated heterocycles. The molecular weight excluding hydrogens is 248 g/mol. The van der Waals surface area contributed by atoms with E-state index in [9.17, 15) is 0 Å². The predicted octanol–water partition coefficient (Wildman–Crippen LogP) is 3.71. The zero-order valence-electron chi connectivity index (χ0n) is 13.0. The molecule has 1 aromatic carbocycles. The molecule has 0 radical (unpaired) electrons. The minimum atomic E-state index is 0.124. The van der Waals surface area contributed by atoms with Gasteiger partial charge in [0.2, 0.25) is 0 Å². The second-order valence-electron chi connectivity index (χ2n) is 6.93. The molecule has 3 heteroatoms. The highest BCUT2D eigenvalue weighted by molar-refractivity contribution is 5.56. The highest BCUT2D eigenvalue weighted by Crippen LogP contribution is 2.43. The lowest BCUT2D eigenvalue weighted by Gasteiger charge is -2.40. The van der Waals surface area contributed by atoms with Crippen molar-refractivity contribution in [3.8, 4) is 0 Å². The summed E-state index contributed by atoms with van der Waals surface area (Å²) in [4.78, 5) is 4.88. The maximum absolute atomic E-state index is 5.81. The largest absolute Gasteiger partial charge is 0.474 e. The van der Waals surface area contributed by atoms with Gasteiger partial charge >= 0.3 is 0 Å². The third-order valence-corrected chi connectivity index (χ3v) is 4.31. The summed E-state index contributed by atoms with van der Waals surface area (Å²) in [6, 6.07) is 8.95. The van der Waals surface area contributed by atoms with E-state index in [1.54, 1.807) is 0 Å². The van der Waals surface area contributed by atoms with Crippen molar-refractivity contribution < 1.29 is 4.74 Å². The number of nitrogens with zero attached hydrogens (tertiary/aromatic N) is 2. The van der Waals surface area contributed by atoms with Gasteiger partial charge < -0.3 is 14.5 Å². The van der Waals surface area contributed by atoms with E-state index in [1.807, 2.05) is 6.26 Å². The van der Waals surface area contributed by atoms with Gasteiger partial charge in [-0.25, -0.2) is 0 Å². The van der Waals surface area contributed by atoms with Crippen LogP contribution in [0.5, 0.6) is 0 Å². The molecule has 3 atom stereocenters. The van der Waals surface area contributed by atoms with Crippen molar-refractivity contribution in [3.05, 3.63) is 42.3 Å². The first-order chi connectivity index (χ1) is 9.41. The Kier molecular flexibility index (Phi) is 2.96. The van der Waals surface area contributed by atoms with E-state index in [0.29, 0.717) is 12.2 Å². The van der Waals surface area contributed by atoms with Crippen molar-refractivity contribution >= 4 is 5.69 Å². The van der Waals surface area contributed by atoms with Crippen molar-refractivity contribution in [2.75, 3.05) is 4.90 Å². The van der Waals surface area contributed by atoms with Crippen LogP contribution in [0.25, 0.3) is 0 Å². The van der Waals surface area contributed by atoms with Gasteiger partial charge in [-0.15, -0.1) is 0 Å². The van der Waals surface area contributed by atoms with E-state index in [1.165, 1.54) is 11.3 Å². The van der Waals surface area contributed by atoms with Crippen LogP contribution in [0.2, 0.25) is 0 Å². The minimum absolute atomic E-state index is 0.124. The summed E-state index contributed by atoms with van der Waals surface area (Å²) >= 11 is 0. The van der Waals surface area contributed by atoms with Crippen LogP contribution in [-0.2, 0) is 4.74 Å². The summed E-state index contributed by atoms with van der Waals surface area (Å²) in [5, 5.41) is 0. The first-order valence-electron chi connectivity index (χ1n) is 7.35. The number of ether oxygens (including phenoxy) is 1. The zero-order chi connectivity index (χ0) is 14.5. The number of benzene rings is 1. The Morgan fingerprint density at radius 3 is 2.50 bits per heavy atom. The number of anilines is 1. The summed E-state index contributed by atoms with van der Waals surface area (Å²) in [7, 11) is 0. The molecule has 0 bridgehead atoms. The molecule has 2 aliphatic heterocycles. The smallest absolute Gasteiger partial charge is 0.193 e. The van der Waals surface area contributed by atoms with Gasteiger partial charge in [-0.1, -0.05) is 39.0 Å². The van der Waals surface area contributed by atoms with Gasteiger partial charge in [0.05, 0.1) is 6.04 Å². The fourth-order valence-corrected chi connectivity index (χ4v) is 3.50. The van der Waals surface area contributed by atoms with E-state index < -0.39 is 0 Å². The molecule has 1 fully saturated rings. The molecule has 0 saturated carbocycles. The highest BCUT2D eigenvalue weighted by atomic mass is 16.5. The van der Waals surface area contributed by atoms with Crippen molar-refractivity contribution in [3.63, 3.8) is 0 Å². The number of fused-ring (bicyclic) bond motifs is 1. The average Bonchev–Trinajstić information content (AvgIpc) is 2.91. The van der Waals surface area contributed by atoms with Gasteiger partial charge in [0.25, 0.3) is 0 Å². The van der Waals surface area contributed by atoms with Crippen LogP contribution in [0.15, 0.2) is 36.7 Å². The third kappa shape index (κ3) is 1.88. The lowest BCUT2D eigenvalue weighted by molar-refractivity contribution is 0.0446. The minimum Gasteiger partial charge on any atom is -0.474 e. The first kappa shape index (κ1) is 13.3. The third-order valence-electron chi connectivity index (χ3n) is 4.31. The normalized spacial score (nSPS) is 28.8. The molecule has 0 N–H and O–H groups in total. The van der Waals surface area contributed by atoms with Crippen LogP contribution in [-0.4, -0.2) is 23.3 Å². The second kappa shape index (κ2) is 4.44. The van der Waals surface area contributed by atoms with E-state index in [4.69, 9.17) is 4.74 Å². The number of rotatable bonds is 1. The van der Waals surface area contributed by atoms with Crippen molar-refractivity contribution in [1.82, 2.24) is 4.90 Å². The van der Waals surface area contributed by atoms with Gasteiger partial charge in [0.15, 0.2) is 6.23 Å². The number of hydrogen-bond donors (Lipinski definition) is 0. The maximum Gasteiger partial charge on any atom is 0.193 e. The molecule has 0 spiro atoms. The molecule has 108 valence electrons. The van der Waals surface area contributed by atoms with Crippen LogP contribution >= 0.6 is 0 Å². The van der Waals surface area contributed by atoms with Crippen molar-refractivity contribution in [2.24, 2.45) is 5.41 Å². The van der Waals surface area contributed by atoms with E-state index in [0.717, 1.165) is 0 Å². The molecule has 2 aliphatic rings. The SMILES string of the molecule is Cc1ccccc1N1C(C(C)(C)C)N2C=COC2[C@@H]1C. The zero-order valence-corrected chi connectivity index (χ0v) is 13.0. The predicted molar refractivity (Wildman–Crippen MR) is 82.2 cm³/mol. The van der Waals surface area contributed by atoms with E-state index in [2.05, 4.69) is 74.9 Å². The Hall–Kier alpha value is -1.64. The van der Waals surface area contributed by atoms with Crippen LogP contribution < -0.4 is 4.90 Å². The molecule has 0 amide bonds. The Morgan fingerprint density at radius 2 is 1.85 bits per heavy atom. The Balaban J connectivity index is 2.08. The monoisotopic (exact) mass is 272 g/mol. The quantitative estimate of drug-likeness (QED) is 0.775. The molecule has 3 rings (SSSR count). The van der Waals surface area contributed by atoms with Gasteiger partial charge in [0, 0.05) is 17.3 Å². The lowest BCUT2D eigenvalue weighted by atomic mass is 9.90. The molecule has 2 unspecified atom stereocenters. The molecule has 1 aromatic rings. The summed E-state index contributed by atoms with van der Waals surface area (Å²) < 4.78 is 5.81. The Labute approximate surface area is 121 Å². The molecule has 20 heavy (non-hydrogen) atoms. The second-order valence-corrected chi connectivity index (χ2v) is 6.93. The fourth-order valence-electron chi connectivity index (χ4n) is 3.50. The molecule has 2 heterocycles. The van der Waals surface area contributed by atoms with Crippen molar-refractivity contribution in [2.45, 2.75) is 53.1 Å². The van der Waals surface area contributed by atoms with Crippen LogP contribution in [0.4, 0.5) is 5.69 Å². The van der Waals surface area contributed by atoms with Gasteiger partial charge in [-0.05, 0) is 25.5 Å². The number of aryl methyl sites for hydroxylation is 1. The Bertz CT molecular complexity index is 532. The summed E-state index contributed by atoms with van der Waals surface area (Å²) in [6.45, 7) is 11.3. The van der Waals surface area contributed by atoms with E-state index >= 15 is 0 Å². The molecule has 0 aliphatic carbocycles. The molecule has 3 nitrogen and oxygen atoms in total. The maximum atomic E-state index is 5.81. The van der Waals surface area contributed by atoms with E-state index in [-0.39, 0.29) is 11.6 Å². The molecular formula is C17H24N2O. The van der Waals surface area contributed by atoms with Gasteiger partial charge in [-0.3, -0.25) is 0 Å². The Morgan fingerprint density at radius 1 is 1.15 bits per heavy atom. The first-order valence-corrected chi connectivity index (χ1v) is 7.35. The summed E-state index contributed by atoms with van der Waals surface area (Å²) in [5.41, 5.74) is 2.77. The van der Waals surface area contributed by atoms with Gasteiger partial charge in [0.1, 0.15) is 12.4 Å². The standard InChI is InChI=1S/C17H24N2O/c1-12-8-6-7-9-14(12)19-13(2)15-18(10-11-20-15)16(19)17(3,4)5/h6-11,13,15-16H,1-5H3/t13-,15?,16?/m0/s1. The number of para-hydroxylation sites is 1. The van der Waals surface area contributed by atoms with Crippen LogP contribution in [0, 0.1) is 12.3 Å². The summed E-state index contributed by atoms with van der Waals surface area (Å²) in [6.07, 6.45) is 4.35. The van der Waals surface area contributed by atoms with Crippen LogP contribution in [0.3, 0.4) is 0 Å². The number of hydrogen-bond acceptors (Lipinski definition) is 3. The fraction of sp³-hybridized carbons (Fsp3) is 0.529. The topological polar surface area (TPSA) is 15.7 Å². The molecule has 0 aromatic heterocycles. The van der Waals surface area contributed by atoms with Gasteiger partial charge in [-0.2, -0.15) is 0 Å².